The van der Waals surface area contributed by atoms with Gasteiger partial charge in [0.15, 0.2) is 0 Å². The Hall–Kier alpha value is -0.870. The average molecular weight is 215 g/mol. The third kappa shape index (κ3) is 9.22. The molecular formula is C10H17NO2S. The van der Waals surface area contributed by atoms with E-state index in [-0.39, 0.29) is 0 Å². The summed E-state index contributed by atoms with van der Waals surface area (Å²) in [5.74, 6) is 0. The standard InChI is InChI=1S/C9H12.CH5NO2S/c1-7-4-8(2)6-9(3)5-7;1-5(2,3)4/h4-6H,1-3H3;1H3,(H2,2,3,4). The number of hydrogen-bond donors (Lipinski definition) is 1. The minimum absolute atomic E-state index is 0.938. The van der Waals surface area contributed by atoms with Crippen LogP contribution in [0.4, 0.5) is 0 Å². The van der Waals surface area contributed by atoms with E-state index in [1.54, 1.807) is 0 Å². The highest BCUT2D eigenvalue weighted by atomic mass is 32.2. The summed E-state index contributed by atoms with van der Waals surface area (Å²) in [6.07, 6.45) is 0.938. The molecule has 1 aromatic carbocycles. The topological polar surface area (TPSA) is 60.2 Å². The minimum Gasteiger partial charge on any atom is -0.229 e. The zero-order valence-corrected chi connectivity index (χ0v) is 9.85. The third-order valence-electron chi connectivity index (χ3n) is 1.37. The molecule has 1 rings (SSSR count). The maximum atomic E-state index is 9.41. The van der Waals surface area contributed by atoms with Crippen LogP contribution in [0.3, 0.4) is 0 Å². The Labute approximate surface area is 86.0 Å². The van der Waals surface area contributed by atoms with E-state index in [2.05, 4.69) is 44.1 Å². The molecule has 0 unspecified atom stereocenters. The van der Waals surface area contributed by atoms with Crippen LogP contribution < -0.4 is 5.14 Å². The van der Waals surface area contributed by atoms with Crippen molar-refractivity contribution in [3.8, 4) is 0 Å². The van der Waals surface area contributed by atoms with Gasteiger partial charge in [0.25, 0.3) is 0 Å². The molecule has 80 valence electrons. The number of rotatable bonds is 0. The summed E-state index contributed by atoms with van der Waals surface area (Å²) in [6.45, 7) is 6.38. The summed E-state index contributed by atoms with van der Waals surface area (Å²) in [4.78, 5) is 0. The molecule has 0 aliphatic carbocycles. The molecular weight excluding hydrogens is 198 g/mol. The third-order valence-corrected chi connectivity index (χ3v) is 1.37. The predicted octanol–water partition coefficient (Wildman–Crippen LogP) is 1.52. The van der Waals surface area contributed by atoms with Crippen molar-refractivity contribution in [3.63, 3.8) is 0 Å². The molecule has 0 spiro atoms. The normalized spacial score (nSPS) is 10.4. The van der Waals surface area contributed by atoms with Crippen molar-refractivity contribution in [2.45, 2.75) is 20.8 Å². The van der Waals surface area contributed by atoms with Crippen LogP contribution in [0, 0.1) is 20.8 Å². The van der Waals surface area contributed by atoms with Crippen LogP contribution in [0.1, 0.15) is 16.7 Å². The van der Waals surface area contributed by atoms with Crippen LogP contribution in [-0.4, -0.2) is 14.7 Å². The van der Waals surface area contributed by atoms with Crippen molar-refractivity contribution in [2.75, 3.05) is 6.26 Å². The van der Waals surface area contributed by atoms with Gasteiger partial charge in [-0.25, -0.2) is 13.6 Å². The maximum absolute atomic E-state index is 9.41. The van der Waals surface area contributed by atoms with Gasteiger partial charge in [0.2, 0.25) is 10.0 Å². The number of aryl methyl sites for hydroxylation is 3. The van der Waals surface area contributed by atoms with E-state index in [0.29, 0.717) is 0 Å². The van der Waals surface area contributed by atoms with E-state index in [4.69, 9.17) is 0 Å². The molecule has 2 N–H and O–H groups in total. The maximum Gasteiger partial charge on any atom is 0.206 e. The molecule has 0 radical (unpaired) electrons. The fourth-order valence-electron chi connectivity index (χ4n) is 1.20. The SMILES string of the molecule is CS(N)(=O)=O.Cc1cc(C)cc(C)c1. The predicted molar refractivity (Wildman–Crippen MR) is 59.7 cm³/mol. The molecule has 0 saturated carbocycles. The summed E-state index contributed by atoms with van der Waals surface area (Å²) in [6, 6.07) is 6.56. The van der Waals surface area contributed by atoms with Crippen LogP contribution in [-0.2, 0) is 10.0 Å². The molecule has 1 aromatic rings. The van der Waals surface area contributed by atoms with Gasteiger partial charge in [0.05, 0.1) is 6.26 Å². The summed E-state index contributed by atoms with van der Waals surface area (Å²) >= 11 is 0. The minimum atomic E-state index is -3.17. The van der Waals surface area contributed by atoms with Gasteiger partial charge in [-0.15, -0.1) is 0 Å². The van der Waals surface area contributed by atoms with Gasteiger partial charge in [0, 0.05) is 0 Å². The van der Waals surface area contributed by atoms with E-state index >= 15 is 0 Å². The molecule has 0 bridgehead atoms. The molecule has 0 amide bonds. The van der Waals surface area contributed by atoms with Crippen molar-refractivity contribution in [1.29, 1.82) is 0 Å². The van der Waals surface area contributed by atoms with Gasteiger partial charge in [-0.3, -0.25) is 0 Å². The zero-order valence-electron chi connectivity index (χ0n) is 9.03. The Morgan fingerprint density at radius 1 is 0.929 bits per heavy atom. The fraction of sp³-hybridized carbons (Fsp3) is 0.400. The quantitative estimate of drug-likeness (QED) is 0.713. The number of nitrogens with two attached hydrogens (primary N) is 1. The molecule has 0 aliphatic heterocycles. The highest BCUT2D eigenvalue weighted by molar-refractivity contribution is 7.88. The fourth-order valence-corrected chi connectivity index (χ4v) is 1.20. The van der Waals surface area contributed by atoms with E-state index in [0.717, 1.165) is 6.26 Å². The summed E-state index contributed by atoms with van der Waals surface area (Å²) in [7, 11) is -3.17. The summed E-state index contributed by atoms with van der Waals surface area (Å²) < 4.78 is 18.8. The van der Waals surface area contributed by atoms with Crippen LogP contribution >= 0.6 is 0 Å². The van der Waals surface area contributed by atoms with Gasteiger partial charge in [-0.2, -0.15) is 0 Å². The molecule has 0 heterocycles. The molecule has 3 nitrogen and oxygen atoms in total. The van der Waals surface area contributed by atoms with Crippen molar-refractivity contribution >= 4 is 10.0 Å². The van der Waals surface area contributed by atoms with Gasteiger partial charge < -0.3 is 0 Å². The van der Waals surface area contributed by atoms with Gasteiger partial charge in [-0.05, 0) is 20.8 Å². The second-order valence-electron chi connectivity index (χ2n) is 3.49. The molecule has 4 heteroatoms. The lowest BCUT2D eigenvalue weighted by molar-refractivity contribution is 0.603. The number of benzene rings is 1. The van der Waals surface area contributed by atoms with E-state index < -0.39 is 10.0 Å². The largest absolute Gasteiger partial charge is 0.229 e. The molecule has 14 heavy (non-hydrogen) atoms. The zero-order chi connectivity index (χ0) is 11.4. The molecule has 0 fully saturated rings. The highest BCUT2D eigenvalue weighted by Gasteiger charge is 1.87. The van der Waals surface area contributed by atoms with Gasteiger partial charge in [-0.1, -0.05) is 34.9 Å². The van der Waals surface area contributed by atoms with E-state index in [1.807, 2.05) is 0 Å². The first kappa shape index (κ1) is 13.1. The molecule has 0 saturated heterocycles. The summed E-state index contributed by atoms with van der Waals surface area (Å²) in [5, 5.41) is 4.33. The van der Waals surface area contributed by atoms with Crippen molar-refractivity contribution < 1.29 is 8.42 Å². The van der Waals surface area contributed by atoms with E-state index in [1.165, 1.54) is 16.7 Å². The second-order valence-corrected chi connectivity index (χ2v) is 5.15. The number of sulfonamides is 1. The van der Waals surface area contributed by atoms with Crippen molar-refractivity contribution in [2.24, 2.45) is 5.14 Å². The summed E-state index contributed by atoms with van der Waals surface area (Å²) in [5.41, 5.74) is 4.06. The molecule has 0 atom stereocenters. The number of hydrogen-bond acceptors (Lipinski definition) is 2. The van der Waals surface area contributed by atoms with E-state index in [9.17, 15) is 8.42 Å². The lowest BCUT2D eigenvalue weighted by Gasteiger charge is -1.96. The van der Waals surface area contributed by atoms with Crippen molar-refractivity contribution in [3.05, 3.63) is 34.9 Å². The van der Waals surface area contributed by atoms with Crippen LogP contribution in [0.2, 0.25) is 0 Å². The Morgan fingerprint density at radius 2 is 1.07 bits per heavy atom. The Bertz CT molecular complexity index is 338. The monoisotopic (exact) mass is 215 g/mol. The molecule has 0 aromatic heterocycles. The first-order valence-corrected chi connectivity index (χ1v) is 6.16. The highest BCUT2D eigenvalue weighted by Crippen LogP contribution is 2.06. The van der Waals surface area contributed by atoms with Crippen LogP contribution in [0.5, 0.6) is 0 Å². The molecule has 0 aliphatic rings. The van der Waals surface area contributed by atoms with Crippen LogP contribution in [0.25, 0.3) is 0 Å². The van der Waals surface area contributed by atoms with Gasteiger partial charge >= 0.3 is 0 Å². The smallest absolute Gasteiger partial charge is 0.206 e. The first-order chi connectivity index (χ1) is 6.18. The Kier molecular flexibility index (Phi) is 4.80. The second kappa shape index (κ2) is 5.12. The van der Waals surface area contributed by atoms with Gasteiger partial charge in [0.1, 0.15) is 0 Å². The lowest BCUT2D eigenvalue weighted by atomic mass is 10.1. The van der Waals surface area contributed by atoms with Crippen LogP contribution in [0.15, 0.2) is 18.2 Å². The lowest BCUT2D eigenvalue weighted by Crippen LogP contribution is -2.07. The Morgan fingerprint density at radius 3 is 1.21 bits per heavy atom. The first-order valence-electron chi connectivity index (χ1n) is 4.21. The average Bonchev–Trinajstić information content (AvgIpc) is 1.77. The number of primary sulfonamides is 1. The van der Waals surface area contributed by atoms with Crippen molar-refractivity contribution in [1.82, 2.24) is 0 Å². The Balaban J connectivity index is 0.000000292.